The van der Waals surface area contributed by atoms with Gasteiger partial charge in [-0.2, -0.15) is 0 Å². The molecule has 0 bridgehead atoms. The van der Waals surface area contributed by atoms with E-state index in [-0.39, 0.29) is 6.61 Å². The van der Waals surface area contributed by atoms with Crippen molar-refractivity contribution < 1.29 is 5.11 Å². The van der Waals surface area contributed by atoms with Crippen molar-refractivity contribution in [2.75, 3.05) is 36.5 Å². The van der Waals surface area contributed by atoms with Crippen molar-refractivity contribution in [3.05, 3.63) is 11.4 Å². The smallest absolute Gasteiger partial charge is 0.137 e. The third-order valence-electron chi connectivity index (χ3n) is 3.03. The number of aliphatic hydroxyl groups is 1. The third kappa shape index (κ3) is 4.35. The Morgan fingerprint density at radius 1 is 1.16 bits per heavy atom. The average Bonchev–Trinajstić information content (AvgIpc) is 2.39. The fourth-order valence-electron chi connectivity index (χ4n) is 2.05. The van der Waals surface area contributed by atoms with Crippen LogP contribution in [-0.2, 0) is 0 Å². The molecule has 0 unspecified atom stereocenters. The molecule has 0 atom stereocenters. The quantitative estimate of drug-likeness (QED) is 0.754. The van der Waals surface area contributed by atoms with Gasteiger partial charge in [-0.05, 0) is 27.2 Å². The molecular formula is C14H26N4O. The highest BCUT2D eigenvalue weighted by Gasteiger charge is 2.14. The predicted molar refractivity (Wildman–Crippen MR) is 79.9 cm³/mol. The van der Waals surface area contributed by atoms with Crippen LogP contribution in [0.25, 0.3) is 0 Å². The van der Waals surface area contributed by atoms with Gasteiger partial charge in [0.25, 0.3) is 0 Å². The summed E-state index contributed by atoms with van der Waals surface area (Å²) >= 11 is 0. The SMILES string of the molecule is CCCCN(CCO)c1nc(C)nc(NCC)c1C. The van der Waals surface area contributed by atoms with E-state index in [0.29, 0.717) is 6.54 Å². The van der Waals surface area contributed by atoms with Crippen molar-refractivity contribution in [1.82, 2.24) is 9.97 Å². The summed E-state index contributed by atoms with van der Waals surface area (Å²) in [5.41, 5.74) is 1.05. The van der Waals surface area contributed by atoms with Crippen LogP contribution in [0, 0.1) is 13.8 Å². The summed E-state index contributed by atoms with van der Waals surface area (Å²) in [7, 11) is 0. The molecule has 108 valence electrons. The Balaban J connectivity index is 3.06. The van der Waals surface area contributed by atoms with Crippen LogP contribution >= 0.6 is 0 Å². The van der Waals surface area contributed by atoms with Crippen molar-refractivity contribution in [3.8, 4) is 0 Å². The van der Waals surface area contributed by atoms with Crippen LogP contribution in [0.3, 0.4) is 0 Å². The molecule has 0 amide bonds. The molecule has 2 N–H and O–H groups in total. The summed E-state index contributed by atoms with van der Waals surface area (Å²) in [6.07, 6.45) is 2.23. The van der Waals surface area contributed by atoms with E-state index < -0.39 is 0 Å². The maximum Gasteiger partial charge on any atom is 0.137 e. The van der Waals surface area contributed by atoms with E-state index in [1.165, 1.54) is 0 Å². The molecule has 0 saturated carbocycles. The Hall–Kier alpha value is -1.36. The van der Waals surface area contributed by atoms with E-state index in [2.05, 4.69) is 34.0 Å². The van der Waals surface area contributed by atoms with Crippen molar-refractivity contribution in [1.29, 1.82) is 0 Å². The fourth-order valence-corrected chi connectivity index (χ4v) is 2.05. The highest BCUT2D eigenvalue weighted by atomic mass is 16.3. The minimum atomic E-state index is 0.142. The van der Waals surface area contributed by atoms with Gasteiger partial charge in [-0.3, -0.25) is 0 Å². The van der Waals surface area contributed by atoms with E-state index in [4.69, 9.17) is 0 Å². The summed E-state index contributed by atoms with van der Waals surface area (Å²) in [6.45, 7) is 10.7. The normalized spacial score (nSPS) is 10.6. The molecule has 19 heavy (non-hydrogen) atoms. The lowest BCUT2D eigenvalue weighted by molar-refractivity contribution is 0.301. The second-order valence-corrected chi connectivity index (χ2v) is 4.66. The van der Waals surface area contributed by atoms with Gasteiger partial charge in [0.15, 0.2) is 0 Å². The van der Waals surface area contributed by atoms with Crippen LogP contribution in [0.1, 0.15) is 38.1 Å². The Kier molecular flexibility index (Phi) is 6.56. The molecule has 1 aromatic heterocycles. The predicted octanol–water partition coefficient (Wildman–Crippen LogP) is 2.12. The van der Waals surface area contributed by atoms with Crippen molar-refractivity contribution in [2.45, 2.75) is 40.5 Å². The number of aryl methyl sites for hydroxylation is 1. The molecule has 1 aromatic rings. The molecule has 0 aliphatic carbocycles. The molecule has 0 aromatic carbocycles. The lowest BCUT2D eigenvalue weighted by atomic mass is 10.2. The topological polar surface area (TPSA) is 61.3 Å². The Labute approximate surface area is 116 Å². The molecule has 0 saturated heterocycles. The van der Waals surface area contributed by atoms with Gasteiger partial charge in [-0.1, -0.05) is 13.3 Å². The zero-order chi connectivity index (χ0) is 14.3. The van der Waals surface area contributed by atoms with Crippen LogP contribution in [0.15, 0.2) is 0 Å². The maximum absolute atomic E-state index is 9.23. The molecule has 0 aliphatic heterocycles. The van der Waals surface area contributed by atoms with Gasteiger partial charge in [0.2, 0.25) is 0 Å². The van der Waals surface area contributed by atoms with Gasteiger partial charge >= 0.3 is 0 Å². The number of aliphatic hydroxyl groups excluding tert-OH is 1. The molecule has 1 heterocycles. The highest BCUT2D eigenvalue weighted by Crippen LogP contribution is 2.23. The van der Waals surface area contributed by atoms with Gasteiger partial charge in [-0.25, -0.2) is 9.97 Å². The Morgan fingerprint density at radius 3 is 2.47 bits per heavy atom. The summed E-state index contributed by atoms with van der Waals surface area (Å²) in [4.78, 5) is 11.1. The van der Waals surface area contributed by atoms with Crippen LogP contribution < -0.4 is 10.2 Å². The lowest BCUT2D eigenvalue weighted by Gasteiger charge is -2.25. The fraction of sp³-hybridized carbons (Fsp3) is 0.714. The van der Waals surface area contributed by atoms with E-state index in [1.54, 1.807) is 0 Å². The van der Waals surface area contributed by atoms with Crippen LogP contribution in [-0.4, -0.2) is 41.3 Å². The summed E-state index contributed by atoms with van der Waals surface area (Å²) in [5, 5.41) is 12.5. The first-order valence-electron chi connectivity index (χ1n) is 7.08. The third-order valence-corrected chi connectivity index (χ3v) is 3.03. The summed E-state index contributed by atoms with van der Waals surface area (Å²) in [5.74, 6) is 2.59. The van der Waals surface area contributed by atoms with Crippen molar-refractivity contribution in [3.63, 3.8) is 0 Å². The number of anilines is 2. The first-order chi connectivity index (χ1) is 9.13. The van der Waals surface area contributed by atoms with Gasteiger partial charge in [0.1, 0.15) is 17.5 Å². The monoisotopic (exact) mass is 266 g/mol. The average molecular weight is 266 g/mol. The van der Waals surface area contributed by atoms with E-state index in [0.717, 1.165) is 49.0 Å². The molecule has 0 radical (unpaired) electrons. The van der Waals surface area contributed by atoms with E-state index in [9.17, 15) is 5.11 Å². The number of hydrogen-bond donors (Lipinski definition) is 2. The van der Waals surface area contributed by atoms with Crippen LogP contribution in [0.2, 0.25) is 0 Å². The first-order valence-corrected chi connectivity index (χ1v) is 7.08. The van der Waals surface area contributed by atoms with E-state index in [1.807, 2.05) is 13.8 Å². The van der Waals surface area contributed by atoms with E-state index >= 15 is 0 Å². The second-order valence-electron chi connectivity index (χ2n) is 4.66. The van der Waals surface area contributed by atoms with Gasteiger partial charge in [-0.15, -0.1) is 0 Å². The number of nitrogens with zero attached hydrogens (tertiary/aromatic N) is 3. The number of nitrogens with one attached hydrogen (secondary N) is 1. The molecule has 5 heteroatoms. The van der Waals surface area contributed by atoms with Crippen LogP contribution in [0.5, 0.6) is 0 Å². The van der Waals surface area contributed by atoms with Crippen molar-refractivity contribution in [2.24, 2.45) is 0 Å². The number of unbranched alkanes of at least 4 members (excludes halogenated alkanes) is 1. The minimum Gasteiger partial charge on any atom is -0.395 e. The minimum absolute atomic E-state index is 0.142. The molecule has 1 rings (SSSR count). The first kappa shape index (κ1) is 15.7. The Morgan fingerprint density at radius 2 is 1.89 bits per heavy atom. The van der Waals surface area contributed by atoms with Gasteiger partial charge in [0.05, 0.1) is 6.61 Å². The maximum atomic E-state index is 9.23. The van der Waals surface area contributed by atoms with Crippen LogP contribution in [0.4, 0.5) is 11.6 Å². The van der Waals surface area contributed by atoms with Gasteiger partial charge in [0, 0.05) is 25.2 Å². The number of hydrogen-bond acceptors (Lipinski definition) is 5. The zero-order valence-electron chi connectivity index (χ0n) is 12.5. The van der Waals surface area contributed by atoms with Gasteiger partial charge < -0.3 is 15.3 Å². The summed E-state index contributed by atoms with van der Waals surface area (Å²) in [6, 6.07) is 0. The molecule has 0 aliphatic rings. The molecule has 5 nitrogen and oxygen atoms in total. The molecular weight excluding hydrogens is 240 g/mol. The largest absolute Gasteiger partial charge is 0.395 e. The number of aromatic nitrogens is 2. The standard InChI is InChI=1S/C14H26N4O/c1-5-7-8-18(9-10-19)14-11(3)13(15-6-2)16-12(4)17-14/h19H,5-10H2,1-4H3,(H,15,16,17). The second kappa shape index (κ2) is 7.94. The molecule has 0 spiro atoms. The molecule has 0 fully saturated rings. The number of rotatable bonds is 8. The summed E-state index contributed by atoms with van der Waals surface area (Å²) < 4.78 is 0. The Bertz CT molecular complexity index is 395. The van der Waals surface area contributed by atoms with Crippen molar-refractivity contribution >= 4 is 11.6 Å². The zero-order valence-corrected chi connectivity index (χ0v) is 12.5. The lowest BCUT2D eigenvalue weighted by Crippen LogP contribution is -2.30. The highest BCUT2D eigenvalue weighted by molar-refractivity contribution is 5.58.